The minimum Gasteiger partial charge on any atom is -0.366 e. The topological polar surface area (TPSA) is 107 Å². The van der Waals surface area contributed by atoms with Gasteiger partial charge in [-0.05, 0) is 36.8 Å². The molecule has 3 N–H and O–H groups in total. The first kappa shape index (κ1) is 20.5. The second-order valence-electron chi connectivity index (χ2n) is 7.06. The molecule has 8 heteroatoms. The average molecular weight is 433 g/mol. The third kappa shape index (κ3) is 4.24. The fourth-order valence-corrected chi connectivity index (χ4v) is 4.42. The molecule has 2 heterocycles. The van der Waals surface area contributed by atoms with Crippen LogP contribution in [0, 0.1) is 6.92 Å². The summed E-state index contributed by atoms with van der Waals surface area (Å²) in [5, 5.41) is 3.33. The van der Waals surface area contributed by atoms with Gasteiger partial charge in [0.2, 0.25) is 11.8 Å². The molecule has 0 saturated heterocycles. The normalized spacial score (nSPS) is 10.9. The number of carbonyl (C=O) groups excluding carboxylic acids is 2. The minimum absolute atomic E-state index is 0.106. The van der Waals surface area contributed by atoms with E-state index in [4.69, 9.17) is 5.73 Å². The number of nitrogens with one attached hydrogen (secondary N) is 1. The lowest BCUT2D eigenvalue weighted by atomic mass is 10.0. The number of hydrogen-bond donors (Lipinski definition) is 2. The van der Waals surface area contributed by atoms with Crippen LogP contribution in [0.4, 0.5) is 5.69 Å². The molecule has 4 rings (SSSR count). The summed E-state index contributed by atoms with van der Waals surface area (Å²) in [5.41, 5.74) is 7.84. The molecule has 0 radical (unpaired) electrons. The van der Waals surface area contributed by atoms with Crippen molar-refractivity contribution in [2.24, 2.45) is 5.73 Å². The number of primary amides is 1. The molecule has 2 aromatic carbocycles. The van der Waals surface area contributed by atoms with E-state index in [1.54, 1.807) is 24.3 Å². The van der Waals surface area contributed by atoms with Crippen molar-refractivity contribution in [2.75, 3.05) is 5.32 Å². The summed E-state index contributed by atoms with van der Waals surface area (Å²) in [6.07, 6.45) is 1.60. The Morgan fingerprint density at radius 1 is 1.10 bits per heavy atom. The number of aryl methyl sites for hydroxylation is 2. The van der Waals surface area contributed by atoms with E-state index in [-0.39, 0.29) is 24.4 Å². The Hall–Kier alpha value is -3.78. The van der Waals surface area contributed by atoms with Crippen molar-refractivity contribution >= 4 is 39.1 Å². The number of benzene rings is 2. The molecule has 2 amide bonds. The zero-order valence-electron chi connectivity index (χ0n) is 16.8. The maximum atomic E-state index is 13.2. The number of rotatable bonds is 6. The van der Waals surface area contributed by atoms with E-state index in [0.29, 0.717) is 21.5 Å². The maximum absolute atomic E-state index is 13.2. The zero-order valence-corrected chi connectivity index (χ0v) is 17.6. The predicted molar refractivity (Wildman–Crippen MR) is 122 cm³/mol. The Morgan fingerprint density at radius 3 is 2.48 bits per heavy atom. The summed E-state index contributed by atoms with van der Waals surface area (Å²) >= 11 is 1.49. The summed E-state index contributed by atoms with van der Waals surface area (Å²) < 4.78 is 1.47. The standard InChI is InChI=1S/C23H20N4O3S/c1-14-19(15-5-3-2-4-6-15)20-22(31-14)25-13-27(23(20)30)12-11-18(28)26-17-9-7-16(8-10-17)21(24)29/h2-10,13H,11-12H2,1H3,(H2,24,29)(H,26,28). The number of carbonyl (C=O) groups is 2. The van der Waals surface area contributed by atoms with Gasteiger partial charge < -0.3 is 11.1 Å². The van der Waals surface area contributed by atoms with Gasteiger partial charge in [-0.1, -0.05) is 30.3 Å². The fourth-order valence-electron chi connectivity index (χ4n) is 3.41. The van der Waals surface area contributed by atoms with Crippen LogP contribution in [0.1, 0.15) is 21.7 Å². The van der Waals surface area contributed by atoms with Crippen molar-refractivity contribution in [3.8, 4) is 11.1 Å². The number of fused-ring (bicyclic) bond motifs is 1. The van der Waals surface area contributed by atoms with Crippen molar-refractivity contribution < 1.29 is 9.59 Å². The summed E-state index contributed by atoms with van der Waals surface area (Å²) in [6, 6.07) is 16.1. The van der Waals surface area contributed by atoms with Gasteiger partial charge in [0.25, 0.3) is 5.56 Å². The number of amides is 2. The number of hydrogen-bond acceptors (Lipinski definition) is 5. The molecule has 31 heavy (non-hydrogen) atoms. The Morgan fingerprint density at radius 2 is 1.81 bits per heavy atom. The first-order valence-corrected chi connectivity index (χ1v) is 10.5. The van der Waals surface area contributed by atoms with E-state index in [1.807, 2.05) is 37.3 Å². The Balaban J connectivity index is 1.54. The third-order valence-electron chi connectivity index (χ3n) is 4.95. The van der Waals surface area contributed by atoms with E-state index < -0.39 is 5.91 Å². The van der Waals surface area contributed by atoms with Gasteiger partial charge in [-0.15, -0.1) is 11.3 Å². The van der Waals surface area contributed by atoms with Gasteiger partial charge in [0.15, 0.2) is 0 Å². The monoisotopic (exact) mass is 432 g/mol. The van der Waals surface area contributed by atoms with Gasteiger partial charge >= 0.3 is 0 Å². The van der Waals surface area contributed by atoms with E-state index in [0.717, 1.165) is 16.0 Å². The van der Waals surface area contributed by atoms with Gasteiger partial charge in [-0.2, -0.15) is 0 Å². The molecular formula is C23H20N4O3S. The lowest BCUT2D eigenvalue weighted by molar-refractivity contribution is -0.116. The van der Waals surface area contributed by atoms with Crippen molar-refractivity contribution in [3.05, 3.63) is 81.7 Å². The van der Waals surface area contributed by atoms with Gasteiger partial charge in [0.05, 0.1) is 11.7 Å². The number of aromatic nitrogens is 2. The molecule has 0 aliphatic heterocycles. The van der Waals surface area contributed by atoms with Gasteiger partial charge in [-0.25, -0.2) is 4.98 Å². The molecular weight excluding hydrogens is 412 g/mol. The molecule has 0 spiro atoms. The van der Waals surface area contributed by atoms with Crippen LogP contribution in [0.5, 0.6) is 0 Å². The van der Waals surface area contributed by atoms with Crippen molar-refractivity contribution in [2.45, 2.75) is 19.9 Å². The van der Waals surface area contributed by atoms with Crippen LogP contribution < -0.4 is 16.6 Å². The molecule has 0 atom stereocenters. The van der Waals surface area contributed by atoms with Crippen LogP contribution >= 0.6 is 11.3 Å². The highest BCUT2D eigenvalue weighted by atomic mass is 32.1. The Labute approximate surface area is 182 Å². The Kier molecular flexibility index (Phi) is 5.64. The van der Waals surface area contributed by atoms with E-state index >= 15 is 0 Å². The third-order valence-corrected chi connectivity index (χ3v) is 5.96. The van der Waals surface area contributed by atoms with E-state index in [2.05, 4.69) is 10.3 Å². The van der Waals surface area contributed by atoms with Crippen LogP contribution in [0.3, 0.4) is 0 Å². The number of anilines is 1. The number of nitrogens with zero attached hydrogens (tertiary/aromatic N) is 2. The first-order valence-electron chi connectivity index (χ1n) is 9.67. The molecule has 0 fully saturated rings. The minimum atomic E-state index is -0.529. The molecule has 0 bridgehead atoms. The quantitative estimate of drug-likeness (QED) is 0.486. The molecule has 2 aromatic heterocycles. The fraction of sp³-hybridized carbons (Fsp3) is 0.130. The maximum Gasteiger partial charge on any atom is 0.262 e. The molecule has 7 nitrogen and oxygen atoms in total. The molecule has 0 saturated carbocycles. The lowest BCUT2D eigenvalue weighted by Gasteiger charge is -2.08. The average Bonchev–Trinajstić information content (AvgIpc) is 3.11. The van der Waals surface area contributed by atoms with Gasteiger partial charge in [0, 0.05) is 34.7 Å². The van der Waals surface area contributed by atoms with E-state index in [9.17, 15) is 14.4 Å². The summed E-state index contributed by atoms with van der Waals surface area (Å²) in [6.45, 7) is 2.19. The van der Waals surface area contributed by atoms with Crippen molar-refractivity contribution in [1.82, 2.24) is 9.55 Å². The highest BCUT2D eigenvalue weighted by molar-refractivity contribution is 7.19. The summed E-state index contributed by atoms with van der Waals surface area (Å²) in [4.78, 5) is 42.8. The molecule has 0 unspecified atom stereocenters. The molecule has 0 aliphatic carbocycles. The van der Waals surface area contributed by atoms with Crippen molar-refractivity contribution in [1.29, 1.82) is 0 Å². The van der Waals surface area contributed by atoms with E-state index in [1.165, 1.54) is 22.2 Å². The highest BCUT2D eigenvalue weighted by Gasteiger charge is 2.17. The second-order valence-corrected chi connectivity index (χ2v) is 8.27. The smallest absolute Gasteiger partial charge is 0.262 e. The molecule has 0 aliphatic rings. The van der Waals surface area contributed by atoms with Crippen LogP contribution in [-0.2, 0) is 11.3 Å². The second kappa shape index (κ2) is 8.53. The zero-order chi connectivity index (χ0) is 22.0. The van der Waals surface area contributed by atoms with Crippen molar-refractivity contribution in [3.63, 3.8) is 0 Å². The van der Waals surface area contributed by atoms with Crippen LogP contribution in [0.15, 0.2) is 65.7 Å². The molecule has 156 valence electrons. The Bertz CT molecular complexity index is 1320. The van der Waals surface area contributed by atoms with Gasteiger partial charge in [0.1, 0.15) is 4.83 Å². The highest BCUT2D eigenvalue weighted by Crippen LogP contribution is 2.35. The lowest BCUT2D eigenvalue weighted by Crippen LogP contribution is -2.23. The van der Waals surface area contributed by atoms with Crippen LogP contribution in [0.2, 0.25) is 0 Å². The largest absolute Gasteiger partial charge is 0.366 e. The SMILES string of the molecule is Cc1sc2ncn(CCC(=O)Nc3ccc(C(N)=O)cc3)c(=O)c2c1-c1ccccc1. The molecule has 4 aromatic rings. The predicted octanol–water partition coefficient (Wildman–Crippen LogP) is 3.56. The van der Waals surface area contributed by atoms with Gasteiger partial charge in [-0.3, -0.25) is 19.0 Å². The van der Waals surface area contributed by atoms with Crippen LogP contribution in [-0.4, -0.2) is 21.4 Å². The number of thiophene rings is 1. The summed E-state index contributed by atoms with van der Waals surface area (Å²) in [5.74, 6) is -0.776. The first-order chi connectivity index (χ1) is 14.9. The van der Waals surface area contributed by atoms with Crippen LogP contribution in [0.25, 0.3) is 21.3 Å². The summed E-state index contributed by atoms with van der Waals surface area (Å²) in [7, 11) is 0. The number of nitrogens with two attached hydrogens (primary N) is 1.